The van der Waals surface area contributed by atoms with Crippen LogP contribution in [0.3, 0.4) is 0 Å². The van der Waals surface area contributed by atoms with Crippen LogP contribution in [0.15, 0.2) is 29.1 Å². The van der Waals surface area contributed by atoms with Crippen LogP contribution in [0.4, 0.5) is 8.78 Å². The van der Waals surface area contributed by atoms with Crippen LogP contribution in [-0.2, 0) is 39.8 Å². The van der Waals surface area contributed by atoms with Crippen molar-refractivity contribution in [2.75, 3.05) is 12.2 Å². The molecule has 1 aromatic heterocycles. The summed E-state index contributed by atoms with van der Waals surface area (Å²) in [7, 11) is 1.44. The standard InChI is InChI=1S/C14H12F2NO2S.Y/c1-17-12(4-3-5-13(17)18)14-10(15)6-9(7-11(14)16)19-8-20-2;/h3,5-7H,8H2,1-2H3;/q-1;. The molecule has 0 saturated carbocycles. The maximum absolute atomic E-state index is 14.1. The maximum Gasteiger partial charge on any atom is 0.194 e. The molecule has 21 heavy (non-hydrogen) atoms. The van der Waals surface area contributed by atoms with Crippen molar-refractivity contribution in [3.63, 3.8) is 0 Å². The Hall–Kier alpha value is -0.716. The predicted molar refractivity (Wildman–Crippen MR) is 74.9 cm³/mol. The topological polar surface area (TPSA) is 31.2 Å². The molecule has 0 aliphatic carbocycles. The molecule has 1 heterocycles. The van der Waals surface area contributed by atoms with Gasteiger partial charge in [0, 0.05) is 51.9 Å². The number of thioether (sulfide) groups is 1. The molecule has 0 bridgehead atoms. The Morgan fingerprint density at radius 3 is 2.52 bits per heavy atom. The van der Waals surface area contributed by atoms with Gasteiger partial charge in [0.2, 0.25) is 0 Å². The van der Waals surface area contributed by atoms with E-state index < -0.39 is 11.6 Å². The van der Waals surface area contributed by atoms with E-state index in [4.69, 9.17) is 4.74 Å². The number of hydrogen-bond donors (Lipinski definition) is 0. The normalized spacial score (nSPS) is 10.1. The van der Waals surface area contributed by atoms with Crippen LogP contribution in [0.2, 0.25) is 0 Å². The van der Waals surface area contributed by atoms with Crippen LogP contribution in [0.5, 0.6) is 5.75 Å². The largest absolute Gasteiger partial charge is 0.483 e. The minimum absolute atomic E-state index is 0. The first-order valence-electron chi connectivity index (χ1n) is 5.73. The minimum Gasteiger partial charge on any atom is -0.483 e. The number of pyridine rings is 1. The van der Waals surface area contributed by atoms with Crippen LogP contribution in [0.1, 0.15) is 0 Å². The van der Waals surface area contributed by atoms with Crippen LogP contribution >= 0.6 is 11.8 Å². The Kier molecular flexibility index (Phi) is 7.04. The van der Waals surface area contributed by atoms with Gasteiger partial charge < -0.3 is 9.30 Å². The van der Waals surface area contributed by atoms with Crippen LogP contribution < -0.4 is 10.3 Å². The molecule has 7 heteroatoms. The van der Waals surface area contributed by atoms with Gasteiger partial charge in [-0.25, -0.2) is 8.78 Å². The maximum atomic E-state index is 14.1. The number of nitrogens with zero attached hydrogens (tertiary/aromatic N) is 1. The number of hydrogen-bond acceptors (Lipinski definition) is 3. The van der Waals surface area contributed by atoms with E-state index in [1.165, 1.54) is 30.9 Å². The summed E-state index contributed by atoms with van der Waals surface area (Å²) in [5.41, 5.74) is -0.592. The monoisotopic (exact) mass is 385 g/mol. The molecule has 0 aliphatic heterocycles. The summed E-state index contributed by atoms with van der Waals surface area (Å²) in [6.45, 7) is 0. The van der Waals surface area contributed by atoms with Crippen molar-refractivity contribution in [3.8, 4) is 17.0 Å². The smallest absolute Gasteiger partial charge is 0.194 e. The summed E-state index contributed by atoms with van der Waals surface area (Å²) in [5, 5.41) is 0. The summed E-state index contributed by atoms with van der Waals surface area (Å²) in [4.78, 5) is 11.5. The molecule has 0 aliphatic rings. The van der Waals surface area contributed by atoms with Gasteiger partial charge in [0.25, 0.3) is 0 Å². The van der Waals surface area contributed by atoms with E-state index in [1.807, 2.05) is 6.26 Å². The van der Waals surface area contributed by atoms with Crippen molar-refractivity contribution in [1.82, 2.24) is 4.57 Å². The fourth-order valence-electron chi connectivity index (χ4n) is 1.74. The third-order valence-electron chi connectivity index (χ3n) is 2.71. The molecule has 0 amide bonds. The van der Waals surface area contributed by atoms with Gasteiger partial charge in [-0.1, -0.05) is 11.8 Å². The minimum atomic E-state index is -0.793. The average Bonchev–Trinajstić information content (AvgIpc) is 2.40. The number of ether oxygens (including phenoxy) is 1. The third kappa shape index (κ3) is 4.14. The van der Waals surface area contributed by atoms with Crippen molar-refractivity contribution < 1.29 is 46.2 Å². The quantitative estimate of drug-likeness (QED) is 0.599. The molecule has 3 nitrogen and oxygen atoms in total. The van der Waals surface area contributed by atoms with Gasteiger partial charge in [0.1, 0.15) is 11.7 Å². The first kappa shape index (κ1) is 18.3. The SMILES string of the molecule is CSCOc1cc(F)c(-c2[c-]ccc(=O)n2C)c(F)c1.[Y]. The third-order valence-corrected chi connectivity index (χ3v) is 3.06. The van der Waals surface area contributed by atoms with Gasteiger partial charge in [-0.15, -0.1) is 11.8 Å². The zero-order chi connectivity index (χ0) is 14.7. The number of aromatic nitrogens is 1. The molecule has 0 saturated heterocycles. The van der Waals surface area contributed by atoms with Crippen molar-refractivity contribution >= 4 is 11.8 Å². The summed E-state index contributed by atoms with van der Waals surface area (Å²) >= 11 is 1.39. The van der Waals surface area contributed by atoms with Gasteiger partial charge >= 0.3 is 0 Å². The summed E-state index contributed by atoms with van der Waals surface area (Å²) < 4.78 is 34.5. The fraction of sp³-hybridized carbons (Fsp3) is 0.214. The Labute approximate surface area is 150 Å². The van der Waals surface area contributed by atoms with Crippen LogP contribution in [0.25, 0.3) is 11.3 Å². The molecule has 2 aromatic rings. The van der Waals surface area contributed by atoms with Crippen LogP contribution in [-0.4, -0.2) is 16.8 Å². The molecule has 1 aromatic carbocycles. The molecular formula is C14H12F2NO2SY-. The zero-order valence-electron chi connectivity index (χ0n) is 11.5. The molecule has 1 radical (unpaired) electrons. The number of halogens is 2. The first-order valence-corrected chi connectivity index (χ1v) is 7.13. The molecular weight excluding hydrogens is 373 g/mol. The van der Waals surface area contributed by atoms with Crippen molar-refractivity contribution in [3.05, 3.63) is 52.3 Å². The molecule has 0 spiro atoms. The van der Waals surface area contributed by atoms with Gasteiger partial charge in [0.15, 0.2) is 5.56 Å². The molecule has 0 N–H and O–H groups in total. The Morgan fingerprint density at radius 2 is 1.95 bits per heavy atom. The Bertz CT molecular complexity index is 668. The first-order chi connectivity index (χ1) is 9.54. The fourth-order valence-corrected chi connectivity index (χ4v) is 1.99. The molecule has 0 unspecified atom stereocenters. The summed E-state index contributed by atoms with van der Waals surface area (Å²) in [6.07, 6.45) is 1.82. The van der Waals surface area contributed by atoms with E-state index in [2.05, 4.69) is 6.07 Å². The van der Waals surface area contributed by atoms with Crippen molar-refractivity contribution in [1.29, 1.82) is 0 Å². The van der Waals surface area contributed by atoms with Gasteiger partial charge in [-0.2, -0.15) is 12.1 Å². The molecule has 0 atom stereocenters. The van der Waals surface area contributed by atoms with E-state index >= 15 is 0 Å². The Balaban J connectivity index is 0.00000220. The van der Waals surface area contributed by atoms with Gasteiger partial charge in [-0.3, -0.25) is 4.79 Å². The second kappa shape index (κ2) is 8.06. The van der Waals surface area contributed by atoms with Crippen molar-refractivity contribution in [2.24, 2.45) is 7.05 Å². The van der Waals surface area contributed by atoms with E-state index in [0.29, 0.717) is 5.94 Å². The van der Waals surface area contributed by atoms with Gasteiger partial charge in [0.05, 0.1) is 11.6 Å². The van der Waals surface area contributed by atoms with E-state index in [0.717, 1.165) is 16.7 Å². The Morgan fingerprint density at radius 1 is 1.33 bits per heavy atom. The predicted octanol–water partition coefficient (Wildman–Crippen LogP) is 2.83. The molecule has 2 rings (SSSR count). The number of rotatable bonds is 4. The zero-order valence-corrected chi connectivity index (χ0v) is 15.2. The molecule has 109 valence electrons. The van der Waals surface area contributed by atoms with Crippen LogP contribution in [0, 0.1) is 17.7 Å². The second-order valence-corrected chi connectivity index (χ2v) is 4.85. The number of benzene rings is 1. The van der Waals surface area contributed by atoms with Crippen molar-refractivity contribution in [2.45, 2.75) is 0 Å². The average molecular weight is 385 g/mol. The second-order valence-electron chi connectivity index (χ2n) is 4.04. The molecule has 0 fully saturated rings. The van der Waals surface area contributed by atoms with E-state index in [-0.39, 0.29) is 55.3 Å². The van der Waals surface area contributed by atoms with Gasteiger partial charge in [-0.05, 0) is 11.8 Å². The van der Waals surface area contributed by atoms with E-state index in [1.54, 1.807) is 0 Å². The summed E-state index contributed by atoms with van der Waals surface area (Å²) in [5.74, 6) is -1.18. The van der Waals surface area contributed by atoms with E-state index in [9.17, 15) is 13.6 Å². The summed E-state index contributed by atoms with van der Waals surface area (Å²) in [6, 6.07) is 7.49.